The minimum absolute atomic E-state index is 0. The van der Waals surface area contributed by atoms with E-state index >= 15 is 0 Å². The molecule has 0 fully saturated rings. The summed E-state index contributed by atoms with van der Waals surface area (Å²) >= 11 is 0. The molecule has 1 aliphatic carbocycles. The summed E-state index contributed by atoms with van der Waals surface area (Å²) in [5, 5.41) is 13.2. The molecule has 0 aromatic carbocycles. The van der Waals surface area contributed by atoms with Crippen molar-refractivity contribution in [2.45, 2.75) is 0 Å². The van der Waals surface area contributed by atoms with Crippen molar-refractivity contribution in [1.82, 2.24) is 11.5 Å². The summed E-state index contributed by atoms with van der Waals surface area (Å²) in [6.07, 6.45) is 7.17. The molecule has 0 saturated carbocycles. The van der Waals surface area contributed by atoms with Crippen LogP contribution in [0.3, 0.4) is 0 Å². The molecule has 0 bridgehead atoms. The molecular weight excluding hydrogens is 238 g/mol. The average Bonchev–Trinajstić information content (AvgIpc) is 2.25. The Balaban J connectivity index is 0.00000162. The van der Waals surface area contributed by atoms with Crippen LogP contribution in [-0.4, -0.2) is 23.6 Å². The lowest BCUT2D eigenvalue weighted by molar-refractivity contribution is -0.222. The van der Waals surface area contributed by atoms with E-state index in [0.29, 0.717) is 0 Å². The Morgan fingerprint density at radius 2 is 1.89 bits per heavy atom. The van der Waals surface area contributed by atoms with Crippen molar-refractivity contribution in [2.75, 3.05) is 0 Å². The van der Waals surface area contributed by atoms with Gasteiger partial charge in [-0.05, 0) is 12.0 Å². The Morgan fingerprint density at radius 1 is 1.22 bits per heavy atom. The number of carbonyl (C=O) groups is 3. The highest BCUT2D eigenvalue weighted by molar-refractivity contribution is 6.15. The molecule has 18 heavy (non-hydrogen) atoms. The van der Waals surface area contributed by atoms with Gasteiger partial charge in [0.15, 0.2) is 5.78 Å². The molecule has 7 heteroatoms. The minimum Gasteiger partial charge on any atom is -0.861 e. The van der Waals surface area contributed by atoms with Crippen molar-refractivity contribution in [3.05, 3.63) is 36.0 Å². The van der Waals surface area contributed by atoms with Crippen LogP contribution in [0.4, 0.5) is 4.79 Å². The first-order valence-corrected chi connectivity index (χ1v) is 4.79. The molecule has 0 spiro atoms. The number of quaternary nitrogens is 1. The van der Waals surface area contributed by atoms with Crippen LogP contribution in [0.25, 0.3) is 0 Å². The number of imide groups is 1. The molecule has 1 aliphatic heterocycles. The molecule has 2 rings (SSSR count). The number of hydrogen-bond acceptors (Lipinski definition) is 4. The summed E-state index contributed by atoms with van der Waals surface area (Å²) in [7, 11) is 0. The van der Waals surface area contributed by atoms with E-state index < -0.39 is 23.8 Å². The maximum absolute atomic E-state index is 11.4. The van der Waals surface area contributed by atoms with Gasteiger partial charge in [0.2, 0.25) is 5.91 Å². The standard InChI is InChI=1S/C11H8N2O4.H3N/c14-8-4-2-1-3-6(8)5-7-9(15)12-11(17)13-10(7)16;/h1-5,7H,(H2,12,13,15,16,17);1H3. The molecule has 1 atom stereocenters. The monoisotopic (exact) mass is 249 g/mol. The zero-order chi connectivity index (χ0) is 12.4. The summed E-state index contributed by atoms with van der Waals surface area (Å²) in [4.78, 5) is 36.6. The van der Waals surface area contributed by atoms with Gasteiger partial charge in [-0.3, -0.25) is 14.9 Å². The van der Waals surface area contributed by atoms with Crippen LogP contribution in [0.5, 0.6) is 0 Å². The first kappa shape index (κ1) is 13.5. The second-order valence-electron chi connectivity index (χ2n) is 3.43. The maximum Gasteiger partial charge on any atom is 0.346 e. The van der Waals surface area contributed by atoms with Gasteiger partial charge in [-0.1, -0.05) is 24.3 Å². The smallest absolute Gasteiger partial charge is 0.346 e. The zero-order valence-electron chi connectivity index (χ0n) is 9.54. The Labute approximate surface area is 102 Å². The third-order valence-electron chi connectivity index (χ3n) is 2.26. The van der Waals surface area contributed by atoms with E-state index in [0.717, 1.165) is 0 Å². The molecule has 3 amide bonds. The molecule has 2 aliphatic rings. The van der Waals surface area contributed by atoms with Crippen LogP contribution in [0.15, 0.2) is 40.9 Å². The van der Waals surface area contributed by atoms with E-state index in [1.54, 1.807) is 12.2 Å². The van der Waals surface area contributed by atoms with Gasteiger partial charge in [0, 0.05) is 5.57 Å². The van der Waals surface area contributed by atoms with E-state index in [9.17, 15) is 19.5 Å². The fraction of sp³-hybridized carbons (Fsp3) is 0.0909. The molecule has 0 radical (unpaired) electrons. The number of hydrogen-bond donors (Lipinski definition) is 2. The summed E-state index contributed by atoms with van der Waals surface area (Å²) in [5.74, 6) is -3.15. The number of urea groups is 1. The van der Waals surface area contributed by atoms with Crippen LogP contribution in [0.2, 0.25) is 0 Å². The quantitative estimate of drug-likeness (QED) is 0.611. The number of rotatable bonds is 1. The third kappa shape index (κ3) is 2.58. The van der Waals surface area contributed by atoms with Gasteiger partial charge in [-0.15, -0.1) is 0 Å². The van der Waals surface area contributed by atoms with Crippen LogP contribution in [0, 0.1) is 5.92 Å². The van der Waals surface area contributed by atoms with Gasteiger partial charge >= 0.3 is 6.03 Å². The largest absolute Gasteiger partial charge is 0.861 e. The normalized spacial score (nSPS) is 24.7. The minimum atomic E-state index is -1.22. The summed E-state index contributed by atoms with van der Waals surface area (Å²) < 4.78 is 0. The zero-order valence-corrected chi connectivity index (χ0v) is 9.54. The van der Waals surface area contributed by atoms with E-state index in [1.165, 1.54) is 18.2 Å². The van der Waals surface area contributed by atoms with Crippen LogP contribution in [0.1, 0.15) is 0 Å². The van der Waals surface area contributed by atoms with Gasteiger partial charge < -0.3 is 11.3 Å². The highest BCUT2D eigenvalue weighted by Gasteiger charge is 2.24. The van der Waals surface area contributed by atoms with Crippen molar-refractivity contribution in [3.8, 4) is 0 Å². The molecule has 0 saturated heterocycles. The molecule has 5 N–H and O–H groups in total. The second kappa shape index (κ2) is 5.19. The topological polar surface area (TPSA) is 135 Å². The maximum atomic E-state index is 11.4. The van der Waals surface area contributed by atoms with Gasteiger partial charge in [0.05, 0.1) is 5.92 Å². The number of amides is 3. The highest BCUT2D eigenvalue weighted by atomic mass is 16.3. The Hall–Kier alpha value is -2.54. The van der Waals surface area contributed by atoms with E-state index in [4.69, 9.17) is 0 Å². The van der Waals surface area contributed by atoms with Crippen LogP contribution in [-0.2, 0) is 9.59 Å². The predicted octanol–water partition coefficient (Wildman–Crippen LogP) is -0.391. The number of aliphatic imine (C=N–C) groups is 1. The first-order valence-electron chi connectivity index (χ1n) is 4.79. The van der Waals surface area contributed by atoms with Gasteiger partial charge in [-0.25, -0.2) is 9.79 Å². The fourth-order valence-corrected chi connectivity index (χ4v) is 1.44. The van der Waals surface area contributed by atoms with Crippen molar-refractivity contribution >= 4 is 23.6 Å². The van der Waals surface area contributed by atoms with Crippen molar-refractivity contribution in [3.63, 3.8) is 0 Å². The molecule has 0 aromatic rings. The predicted molar refractivity (Wildman–Crippen MR) is 61.8 cm³/mol. The first-order chi connectivity index (χ1) is 8.08. The Bertz CT molecular complexity index is 528. The van der Waals surface area contributed by atoms with Crippen molar-refractivity contribution < 1.29 is 19.5 Å². The highest BCUT2D eigenvalue weighted by Crippen LogP contribution is 2.13. The van der Waals surface area contributed by atoms with Crippen LogP contribution < -0.4 is 16.6 Å². The van der Waals surface area contributed by atoms with Gasteiger partial charge in [0.1, 0.15) is 0 Å². The van der Waals surface area contributed by atoms with E-state index in [-0.39, 0.29) is 17.5 Å². The summed E-state index contributed by atoms with van der Waals surface area (Å²) in [6.45, 7) is 0. The van der Waals surface area contributed by atoms with Gasteiger partial charge in [0.25, 0.3) is 0 Å². The van der Waals surface area contributed by atoms with E-state index in [2.05, 4.69) is 4.99 Å². The SMILES string of the molecule is O=C1N=C([O-])C(C=C2C=CC=CC2=O)C(=O)N1.[NH4+]. The lowest BCUT2D eigenvalue weighted by Crippen LogP contribution is -2.47. The van der Waals surface area contributed by atoms with Gasteiger partial charge in [-0.2, -0.15) is 0 Å². The van der Waals surface area contributed by atoms with Crippen LogP contribution >= 0.6 is 0 Å². The fourth-order valence-electron chi connectivity index (χ4n) is 1.44. The Kier molecular flexibility index (Phi) is 3.90. The average molecular weight is 249 g/mol. The molecular formula is C11H11N3O4. The summed E-state index contributed by atoms with van der Waals surface area (Å²) in [5.41, 5.74) is 0.227. The lowest BCUT2D eigenvalue weighted by Gasteiger charge is -2.23. The number of ketones is 1. The molecule has 0 aromatic heterocycles. The molecule has 1 heterocycles. The van der Waals surface area contributed by atoms with Crippen molar-refractivity contribution in [1.29, 1.82) is 0 Å². The Morgan fingerprint density at radius 3 is 2.50 bits per heavy atom. The lowest BCUT2D eigenvalue weighted by atomic mass is 9.98. The number of allylic oxidation sites excluding steroid dienone is 5. The third-order valence-corrected chi connectivity index (χ3v) is 2.26. The summed E-state index contributed by atoms with van der Waals surface area (Å²) in [6, 6.07) is -0.972. The number of carbonyl (C=O) groups excluding carboxylic acids is 3. The molecule has 94 valence electrons. The second-order valence-corrected chi connectivity index (χ2v) is 3.43. The van der Waals surface area contributed by atoms with E-state index in [1.807, 2.05) is 5.32 Å². The number of nitrogens with zero attached hydrogens (tertiary/aromatic N) is 1. The number of nitrogens with one attached hydrogen (secondary N) is 1. The van der Waals surface area contributed by atoms with Crippen molar-refractivity contribution in [2.24, 2.45) is 10.9 Å². The molecule has 7 nitrogen and oxygen atoms in total. The molecule has 1 unspecified atom stereocenters.